The first-order valence-electron chi connectivity index (χ1n) is 14.1. The molecule has 3 aliphatic rings. The van der Waals surface area contributed by atoms with Crippen molar-refractivity contribution in [2.75, 3.05) is 6.61 Å². The van der Waals surface area contributed by atoms with E-state index in [0.29, 0.717) is 5.75 Å². The number of halogens is 1. The summed E-state index contributed by atoms with van der Waals surface area (Å²) in [5.74, 6) is -0.461. The molecule has 0 fully saturated rings. The number of allylic oxidation sites excluding steroid dienone is 3. The van der Waals surface area contributed by atoms with Crippen molar-refractivity contribution in [3.8, 4) is 5.75 Å². The maximum atomic E-state index is 10.4. The monoisotopic (exact) mass is 615 g/mol. The van der Waals surface area contributed by atoms with Gasteiger partial charge < -0.3 is 32.2 Å². The predicted molar refractivity (Wildman–Crippen MR) is 177 cm³/mol. The maximum absolute atomic E-state index is 10.4. The molecule has 0 amide bonds. The van der Waals surface area contributed by atoms with Crippen LogP contribution in [0.1, 0.15) is 49.1 Å². The highest BCUT2D eigenvalue weighted by Crippen LogP contribution is 2.30. The number of aliphatic imine (C=N–C) groups is 1. The number of hydrogen-bond donors (Lipinski definition) is 3. The molecular weight excluding hydrogens is 586 g/mol. The molecule has 4 aromatic rings. The van der Waals surface area contributed by atoms with Gasteiger partial charge in [0.1, 0.15) is 11.3 Å². The molecule has 0 unspecified atom stereocenters. The van der Waals surface area contributed by atoms with Crippen molar-refractivity contribution in [2.24, 2.45) is 4.99 Å². The van der Waals surface area contributed by atoms with Gasteiger partial charge in [-0.15, -0.1) is 0 Å². The van der Waals surface area contributed by atoms with Crippen LogP contribution >= 0.6 is 0 Å². The topological polar surface area (TPSA) is 116 Å². The van der Waals surface area contributed by atoms with Crippen molar-refractivity contribution in [3.63, 3.8) is 0 Å². The SMILES string of the molecule is C1=Cc2cc3ccc(cc4nc(cc5ccc(cc1n2)[nH]5)C=C4)[nH]3.CC1=C(C)C(C)=C(c2ccc(OCC(=O)O)cc2)N=[C+]1.[Cl-]. The van der Waals surface area contributed by atoms with E-state index in [1.54, 1.807) is 12.1 Å². The van der Waals surface area contributed by atoms with E-state index in [1.165, 1.54) is 5.57 Å². The summed E-state index contributed by atoms with van der Waals surface area (Å²) in [5, 5.41) is 8.56. The van der Waals surface area contributed by atoms with Crippen molar-refractivity contribution < 1.29 is 27.0 Å². The lowest BCUT2D eigenvalue weighted by molar-refractivity contribution is -0.139. The number of rotatable bonds is 4. The van der Waals surface area contributed by atoms with Gasteiger partial charge in [-0.05, 0) is 111 Å². The van der Waals surface area contributed by atoms with Crippen LogP contribution in [0.5, 0.6) is 5.75 Å². The smallest absolute Gasteiger partial charge is 0.341 e. The van der Waals surface area contributed by atoms with Crippen molar-refractivity contribution in [2.45, 2.75) is 20.8 Å². The summed E-state index contributed by atoms with van der Waals surface area (Å²) in [6, 6.07) is 23.6. The third-order valence-corrected chi connectivity index (χ3v) is 7.35. The average molecular weight is 616 g/mol. The summed E-state index contributed by atoms with van der Waals surface area (Å²) in [6.07, 6.45) is 11.1. The molecule has 3 aliphatic heterocycles. The number of aromatic amines is 2. The van der Waals surface area contributed by atoms with Crippen molar-refractivity contribution >= 4 is 64.3 Å². The molecule has 0 saturated heterocycles. The minimum absolute atomic E-state index is 0. The fourth-order valence-corrected chi connectivity index (χ4v) is 4.84. The normalized spacial score (nSPS) is 13.1. The Balaban J connectivity index is 0.000000177. The molecule has 7 rings (SSSR count). The molecule has 45 heavy (non-hydrogen) atoms. The molecular formula is C36H30ClN5O3. The third-order valence-electron chi connectivity index (χ3n) is 7.35. The highest BCUT2D eigenvalue weighted by molar-refractivity contribution is 5.91. The molecule has 0 spiro atoms. The molecule has 8 bridgehead atoms. The van der Waals surface area contributed by atoms with Crippen LogP contribution in [0.25, 0.3) is 52.1 Å². The Labute approximate surface area is 266 Å². The number of hydrogen-bond acceptors (Lipinski definition) is 5. The molecule has 1 aromatic carbocycles. The van der Waals surface area contributed by atoms with E-state index < -0.39 is 5.97 Å². The van der Waals surface area contributed by atoms with Gasteiger partial charge in [-0.2, -0.15) is 0 Å². The fourth-order valence-electron chi connectivity index (χ4n) is 4.84. The second-order valence-corrected chi connectivity index (χ2v) is 10.6. The summed E-state index contributed by atoms with van der Waals surface area (Å²) in [4.78, 5) is 30.8. The summed E-state index contributed by atoms with van der Waals surface area (Å²) in [6.45, 7) is 5.74. The number of aliphatic carboxylic acids is 1. The number of aromatic nitrogens is 4. The second-order valence-electron chi connectivity index (χ2n) is 10.6. The van der Waals surface area contributed by atoms with Crippen LogP contribution in [0.4, 0.5) is 0 Å². The number of carboxylic acids is 1. The van der Waals surface area contributed by atoms with E-state index >= 15 is 0 Å². The van der Waals surface area contributed by atoms with Gasteiger partial charge in [0.2, 0.25) is 0 Å². The minimum Gasteiger partial charge on any atom is -1.00 e. The Kier molecular flexibility index (Phi) is 9.19. The Morgan fingerprint density at radius 3 is 1.58 bits per heavy atom. The number of fused-ring (bicyclic) bond motifs is 8. The zero-order valence-corrected chi connectivity index (χ0v) is 25.7. The summed E-state index contributed by atoms with van der Waals surface area (Å²) in [5.41, 5.74) is 13.1. The van der Waals surface area contributed by atoms with Gasteiger partial charge in [-0.1, -0.05) is 4.99 Å². The number of carboxylic acid groups (broad SMARTS) is 1. The van der Waals surface area contributed by atoms with Crippen molar-refractivity contribution in [3.05, 3.63) is 118 Å². The van der Waals surface area contributed by atoms with Crippen LogP contribution in [-0.2, 0) is 4.79 Å². The van der Waals surface area contributed by atoms with Crippen molar-refractivity contribution in [1.82, 2.24) is 19.9 Å². The highest BCUT2D eigenvalue weighted by Gasteiger charge is 2.22. The standard InChI is InChI=1S/C20H14N4.C16H15NO3.ClH/c1-2-14-10-16-5-6-18(23-16)12-20-8-7-19(24-20)11-17-4-3-15(22-17)9-13(1)21-14;1-10-8-17-16(12(3)11(10)2)13-4-6-14(7-5-13)20-9-15(18)19;/h1-12,21,24H;4-7H,9H2,1-3H3;1H. The lowest BCUT2D eigenvalue weighted by atomic mass is 9.97. The number of carbonyl (C=O) groups is 1. The molecule has 0 atom stereocenters. The first-order chi connectivity index (χ1) is 21.3. The zero-order valence-electron chi connectivity index (χ0n) is 24.9. The first kappa shape index (κ1) is 30.9. The van der Waals surface area contributed by atoms with E-state index in [9.17, 15) is 4.79 Å². The molecule has 3 aromatic heterocycles. The Morgan fingerprint density at radius 2 is 1.16 bits per heavy atom. The van der Waals surface area contributed by atoms with Crippen LogP contribution in [0, 0.1) is 0 Å². The molecule has 0 radical (unpaired) electrons. The van der Waals surface area contributed by atoms with Crippen LogP contribution in [0.3, 0.4) is 0 Å². The van der Waals surface area contributed by atoms with E-state index in [-0.39, 0.29) is 19.0 Å². The summed E-state index contributed by atoms with van der Waals surface area (Å²) < 4.78 is 5.10. The minimum atomic E-state index is -0.990. The summed E-state index contributed by atoms with van der Waals surface area (Å²) >= 11 is 0. The molecule has 3 N–H and O–H groups in total. The number of ether oxygens (including phenoxy) is 1. The van der Waals surface area contributed by atoms with Gasteiger partial charge in [-0.3, -0.25) is 0 Å². The Hall–Kier alpha value is -5.56. The van der Waals surface area contributed by atoms with Gasteiger partial charge in [0, 0.05) is 29.0 Å². The lowest BCUT2D eigenvalue weighted by Gasteiger charge is -2.06. The van der Waals surface area contributed by atoms with Gasteiger partial charge in [0.15, 0.2) is 18.5 Å². The largest absolute Gasteiger partial charge is 1.00 e. The fraction of sp³-hybridized carbons (Fsp3) is 0.111. The maximum Gasteiger partial charge on any atom is 0.341 e. The van der Waals surface area contributed by atoms with Crippen LogP contribution in [0.2, 0.25) is 0 Å². The number of H-pyrrole nitrogens is 2. The predicted octanol–water partition coefficient (Wildman–Crippen LogP) is 4.84. The highest BCUT2D eigenvalue weighted by atomic mass is 35.5. The van der Waals surface area contributed by atoms with Crippen LogP contribution < -0.4 is 17.1 Å². The van der Waals surface area contributed by atoms with E-state index in [4.69, 9.17) is 9.84 Å². The van der Waals surface area contributed by atoms with Gasteiger partial charge >= 0.3 is 5.97 Å². The molecule has 0 aliphatic carbocycles. The number of benzene rings is 1. The van der Waals surface area contributed by atoms with Gasteiger partial charge in [0.25, 0.3) is 0 Å². The Morgan fingerprint density at radius 1 is 0.711 bits per heavy atom. The lowest BCUT2D eigenvalue weighted by Crippen LogP contribution is -3.00. The van der Waals surface area contributed by atoms with Crippen molar-refractivity contribution in [1.29, 1.82) is 0 Å². The van der Waals surface area contributed by atoms with Gasteiger partial charge in [0.05, 0.1) is 39.5 Å². The molecule has 6 heterocycles. The number of nitrogens with one attached hydrogen (secondary N) is 2. The molecule has 8 nitrogen and oxygen atoms in total. The molecule has 0 saturated carbocycles. The van der Waals surface area contributed by atoms with Crippen LogP contribution in [-0.4, -0.2) is 43.8 Å². The van der Waals surface area contributed by atoms with E-state index in [1.807, 2.05) is 74.5 Å². The second kappa shape index (κ2) is 13.4. The van der Waals surface area contributed by atoms with E-state index in [2.05, 4.69) is 62.3 Å². The third kappa shape index (κ3) is 7.51. The van der Waals surface area contributed by atoms with Crippen LogP contribution in [0.15, 0.2) is 94.5 Å². The molecule has 9 heteroatoms. The number of nitrogens with zero attached hydrogens (tertiary/aromatic N) is 3. The average Bonchev–Trinajstić information content (AvgIpc) is 3.82. The zero-order chi connectivity index (χ0) is 30.6. The summed E-state index contributed by atoms with van der Waals surface area (Å²) in [7, 11) is 0. The first-order valence-corrected chi connectivity index (χ1v) is 14.1. The van der Waals surface area contributed by atoms with Gasteiger partial charge in [-0.25, -0.2) is 14.8 Å². The Bertz CT molecular complexity index is 1900. The molecule has 224 valence electrons. The quantitative estimate of drug-likeness (QED) is 0.246. The van der Waals surface area contributed by atoms with E-state index in [0.717, 1.165) is 67.2 Å².